The van der Waals surface area contributed by atoms with Gasteiger partial charge in [0.1, 0.15) is 17.1 Å². The van der Waals surface area contributed by atoms with Crippen LogP contribution in [0.1, 0.15) is 41.1 Å². The summed E-state index contributed by atoms with van der Waals surface area (Å²) in [5.41, 5.74) is 11.5. The summed E-state index contributed by atoms with van der Waals surface area (Å²) < 4.78 is 11.4. The van der Waals surface area contributed by atoms with Crippen molar-refractivity contribution in [3.05, 3.63) is 91.4 Å². The number of aryl methyl sites for hydroxylation is 2. The molecule has 1 aliphatic heterocycles. The van der Waals surface area contributed by atoms with Gasteiger partial charge < -0.3 is 14.9 Å². The Morgan fingerprint density at radius 2 is 1.88 bits per heavy atom. The summed E-state index contributed by atoms with van der Waals surface area (Å²) in [5, 5.41) is 10.5. The molecular weight excluding hydrogens is 402 g/mol. The first-order chi connectivity index (χ1) is 15.5. The molecule has 1 aromatic carbocycles. The van der Waals surface area contributed by atoms with Crippen LogP contribution in [0.25, 0.3) is 23.3 Å². The minimum absolute atomic E-state index is 0.0132. The minimum atomic E-state index is -0.660. The van der Waals surface area contributed by atoms with Crippen LogP contribution in [0.15, 0.2) is 57.2 Å². The predicted octanol–water partition coefficient (Wildman–Crippen LogP) is 2.89. The predicted molar refractivity (Wildman–Crippen MR) is 121 cm³/mol. The third-order valence-corrected chi connectivity index (χ3v) is 6.11. The molecule has 158 valence electrons. The number of nitrogens with two attached hydrogens (primary N) is 1. The van der Waals surface area contributed by atoms with E-state index in [2.05, 4.69) is 17.1 Å². The van der Waals surface area contributed by atoms with Crippen LogP contribution < -0.4 is 26.7 Å². The van der Waals surface area contributed by atoms with Crippen LogP contribution in [0.2, 0.25) is 0 Å². The van der Waals surface area contributed by atoms with Crippen LogP contribution >= 0.6 is 0 Å². The molecule has 0 fully saturated rings. The molecule has 0 saturated carbocycles. The molecule has 1 aliphatic carbocycles. The molecule has 1 atom stereocenters. The van der Waals surface area contributed by atoms with Gasteiger partial charge in [-0.2, -0.15) is 5.26 Å². The van der Waals surface area contributed by atoms with Gasteiger partial charge in [-0.25, -0.2) is 4.79 Å². The van der Waals surface area contributed by atoms with E-state index in [1.165, 1.54) is 0 Å². The monoisotopic (exact) mass is 423 g/mol. The highest BCUT2D eigenvalue weighted by Crippen LogP contribution is 2.39. The highest BCUT2D eigenvalue weighted by atomic mass is 16.5. The Morgan fingerprint density at radius 1 is 1.12 bits per heavy atom. The van der Waals surface area contributed by atoms with Gasteiger partial charge in [-0.1, -0.05) is 30.3 Å². The maximum Gasteiger partial charge on any atom is 0.344 e. The van der Waals surface area contributed by atoms with Gasteiger partial charge in [0.2, 0.25) is 5.88 Å². The number of aromatic nitrogens is 1. The summed E-state index contributed by atoms with van der Waals surface area (Å²) in [7, 11) is 0. The molecule has 1 unspecified atom stereocenters. The molecule has 0 saturated heterocycles. The molecule has 0 amide bonds. The van der Waals surface area contributed by atoms with Gasteiger partial charge in [-0.05, 0) is 55.5 Å². The van der Waals surface area contributed by atoms with Crippen molar-refractivity contribution in [2.24, 2.45) is 5.73 Å². The third-order valence-electron chi connectivity index (χ3n) is 6.11. The molecule has 3 aromatic rings. The summed E-state index contributed by atoms with van der Waals surface area (Å²) in [6.45, 7) is 4.00. The molecule has 0 bridgehead atoms. The van der Waals surface area contributed by atoms with Gasteiger partial charge in [0.05, 0.1) is 16.7 Å². The average Bonchev–Trinajstić information content (AvgIpc) is 2.80. The number of benzene rings is 1. The number of ether oxygens (including phenoxy) is 1. The van der Waals surface area contributed by atoms with Crippen LogP contribution in [0.4, 0.5) is 0 Å². The van der Waals surface area contributed by atoms with Crippen molar-refractivity contribution in [3.63, 3.8) is 0 Å². The molecule has 3 heterocycles. The number of pyridine rings is 1. The standard InChI is InChI=1S/C26H21N3O3/c1-14-11-18(13-29-15(14)2)16-7-9-17(10-8-16)22-20(12-27)25(28)32-24-19-5-3-4-6-21(19)31-26(30)23(22)24/h5-11,13,22H,3-4,28H2,1-2H3. The van der Waals surface area contributed by atoms with Gasteiger partial charge in [0, 0.05) is 17.5 Å². The fraction of sp³-hybridized carbons (Fsp3) is 0.192. The minimum Gasteiger partial charge on any atom is -0.439 e. The molecule has 2 N–H and O–H groups in total. The van der Waals surface area contributed by atoms with Crippen molar-refractivity contribution in [2.75, 3.05) is 0 Å². The largest absolute Gasteiger partial charge is 0.439 e. The Hall–Kier alpha value is -4.11. The topological polar surface area (TPSA) is 102 Å². The van der Waals surface area contributed by atoms with Crippen LogP contribution in [0, 0.1) is 25.2 Å². The van der Waals surface area contributed by atoms with Crippen molar-refractivity contribution in [3.8, 4) is 22.9 Å². The van der Waals surface area contributed by atoms with Crippen LogP contribution in [-0.4, -0.2) is 4.98 Å². The van der Waals surface area contributed by atoms with Crippen molar-refractivity contribution < 1.29 is 9.15 Å². The maximum atomic E-state index is 13.0. The Bertz CT molecular complexity index is 1510. The molecule has 0 spiro atoms. The Morgan fingerprint density at radius 3 is 2.59 bits per heavy atom. The lowest BCUT2D eigenvalue weighted by Crippen LogP contribution is -2.39. The maximum absolute atomic E-state index is 13.0. The van der Waals surface area contributed by atoms with E-state index < -0.39 is 11.5 Å². The van der Waals surface area contributed by atoms with E-state index >= 15 is 0 Å². The quantitative estimate of drug-likeness (QED) is 0.680. The van der Waals surface area contributed by atoms with Gasteiger partial charge in [0.25, 0.3) is 0 Å². The second kappa shape index (κ2) is 7.54. The lowest BCUT2D eigenvalue weighted by molar-refractivity contribution is 0.364. The fourth-order valence-electron chi connectivity index (χ4n) is 4.28. The first kappa shape index (κ1) is 19.8. The second-order valence-corrected chi connectivity index (χ2v) is 8.07. The van der Waals surface area contributed by atoms with E-state index in [0.717, 1.165) is 40.8 Å². The number of hydrogen-bond donors (Lipinski definition) is 1. The SMILES string of the molecule is Cc1cc(-c2ccc(C3C(C#N)=C(N)Oc4c3c(=O)oc3c4=CCCC=3)cc2)cnc1C. The van der Waals surface area contributed by atoms with Crippen molar-refractivity contribution in [2.45, 2.75) is 32.6 Å². The third kappa shape index (κ3) is 3.10. The summed E-state index contributed by atoms with van der Waals surface area (Å²) in [4.78, 5) is 17.4. The summed E-state index contributed by atoms with van der Waals surface area (Å²) in [6.07, 6.45) is 7.30. The molecule has 2 aliphatic rings. The van der Waals surface area contributed by atoms with Crippen molar-refractivity contribution >= 4 is 12.2 Å². The highest BCUT2D eigenvalue weighted by molar-refractivity contribution is 5.65. The van der Waals surface area contributed by atoms with Crippen LogP contribution in [0.3, 0.4) is 0 Å². The number of hydrogen-bond acceptors (Lipinski definition) is 6. The van der Waals surface area contributed by atoms with E-state index in [-0.39, 0.29) is 11.5 Å². The zero-order valence-corrected chi connectivity index (χ0v) is 17.8. The van der Waals surface area contributed by atoms with Crippen molar-refractivity contribution in [1.29, 1.82) is 5.26 Å². The highest BCUT2D eigenvalue weighted by Gasteiger charge is 2.35. The fourth-order valence-corrected chi connectivity index (χ4v) is 4.28. The average molecular weight is 423 g/mol. The van der Waals surface area contributed by atoms with Crippen LogP contribution in [-0.2, 0) is 0 Å². The van der Waals surface area contributed by atoms with Gasteiger partial charge in [-0.15, -0.1) is 0 Å². The number of fused-ring (bicyclic) bond motifs is 3. The van der Waals surface area contributed by atoms with E-state index in [0.29, 0.717) is 21.9 Å². The molecule has 5 rings (SSSR count). The van der Waals surface area contributed by atoms with E-state index in [1.54, 1.807) is 0 Å². The number of nitriles is 1. The molecule has 2 aromatic heterocycles. The number of nitrogens with zero attached hydrogens (tertiary/aromatic N) is 2. The van der Waals surface area contributed by atoms with E-state index in [1.807, 2.05) is 56.5 Å². The zero-order valence-electron chi connectivity index (χ0n) is 17.8. The first-order valence-electron chi connectivity index (χ1n) is 10.5. The second-order valence-electron chi connectivity index (χ2n) is 8.07. The molecule has 6 nitrogen and oxygen atoms in total. The molecule has 6 heteroatoms. The number of rotatable bonds is 2. The Kier molecular flexibility index (Phi) is 4.67. The van der Waals surface area contributed by atoms with E-state index in [9.17, 15) is 10.1 Å². The summed E-state index contributed by atoms with van der Waals surface area (Å²) in [6, 6.07) is 12.0. The smallest absolute Gasteiger partial charge is 0.344 e. The Labute approximate surface area is 184 Å². The normalized spacial score (nSPS) is 16.7. The first-order valence-corrected chi connectivity index (χ1v) is 10.5. The molecular formula is C26H21N3O3. The zero-order chi connectivity index (χ0) is 22.4. The number of allylic oxidation sites excluding steroid dienone is 1. The van der Waals surface area contributed by atoms with Crippen LogP contribution in [0.5, 0.6) is 5.75 Å². The van der Waals surface area contributed by atoms with Gasteiger partial charge in [0.15, 0.2) is 5.75 Å². The van der Waals surface area contributed by atoms with Gasteiger partial charge >= 0.3 is 5.63 Å². The van der Waals surface area contributed by atoms with Gasteiger partial charge in [-0.3, -0.25) is 4.98 Å². The molecule has 0 radical (unpaired) electrons. The lowest BCUT2D eigenvalue weighted by Gasteiger charge is -2.26. The molecule has 32 heavy (non-hydrogen) atoms. The van der Waals surface area contributed by atoms with E-state index in [4.69, 9.17) is 14.9 Å². The Balaban J connectivity index is 1.67. The summed E-state index contributed by atoms with van der Waals surface area (Å²) >= 11 is 0. The summed E-state index contributed by atoms with van der Waals surface area (Å²) in [5.74, 6) is -0.261. The lowest BCUT2D eigenvalue weighted by atomic mass is 9.83. The van der Waals surface area contributed by atoms with Crippen molar-refractivity contribution in [1.82, 2.24) is 4.98 Å².